The third kappa shape index (κ3) is 5.78. The average molecular weight is 1030 g/mol. The fourth-order valence-electron chi connectivity index (χ4n) is 14.6. The topological polar surface area (TPSA) is 52.4 Å². The molecule has 0 saturated heterocycles. The second-order valence-corrected chi connectivity index (χ2v) is 21.8. The van der Waals surface area contributed by atoms with Crippen molar-refractivity contribution < 1.29 is 13.3 Å². The Bertz CT molecular complexity index is 5170. The first kappa shape index (κ1) is 43.4. The van der Waals surface area contributed by atoms with Crippen molar-refractivity contribution in [1.29, 1.82) is 0 Å². The Morgan fingerprint density at radius 3 is 1.20 bits per heavy atom. The number of hydrogen-bond donors (Lipinski definition) is 0. The molecule has 0 bridgehead atoms. The minimum absolute atomic E-state index is 0.165. The van der Waals surface area contributed by atoms with Crippen LogP contribution in [-0.4, -0.2) is 13.4 Å². The minimum atomic E-state index is -0.193. The number of para-hydroxylation sites is 8. The van der Waals surface area contributed by atoms with Gasteiger partial charge in [-0.1, -0.05) is 152 Å². The second-order valence-electron chi connectivity index (χ2n) is 21.8. The lowest BCUT2D eigenvalue weighted by atomic mass is 9.30. The SMILES string of the molecule is c1ccc(N2c3ccccc3B3c4cc5c(cc4N(c4ccccc4)c4c3c2cc2oc3ccccc3c42)N(c2ccccc2)c2cc3oc4cc6c(cc4c3c3c2B5c2ccccc2N3c2ccccc2)oc2ccccc26)cc1. The lowest BCUT2D eigenvalue weighted by Crippen LogP contribution is -2.65. The predicted octanol–water partition coefficient (Wildman–Crippen LogP) is 15.5. The van der Waals surface area contributed by atoms with E-state index in [1.54, 1.807) is 0 Å². The van der Waals surface area contributed by atoms with Crippen LogP contribution in [-0.2, 0) is 0 Å². The summed E-state index contributed by atoms with van der Waals surface area (Å²) < 4.78 is 20.9. The highest BCUT2D eigenvalue weighted by Gasteiger charge is 2.50. The maximum absolute atomic E-state index is 7.27. The Morgan fingerprint density at radius 2 is 0.617 bits per heavy atom. The molecule has 4 aliphatic rings. The van der Waals surface area contributed by atoms with Gasteiger partial charge in [-0.25, -0.2) is 0 Å². The Kier molecular flexibility index (Phi) is 8.56. The molecule has 12 aromatic carbocycles. The zero-order valence-corrected chi connectivity index (χ0v) is 43.4. The van der Waals surface area contributed by atoms with Gasteiger partial charge in [0.15, 0.2) is 0 Å². The molecule has 4 aliphatic heterocycles. The van der Waals surface area contributed by atoms with Gasteiger partial charge in [0.25, 0.3) is 13.4 Å². The highest BCUT2D eigenvalue weighted by molar-refractivity contribution is 7.03. The smallest absolute Gasteiger partial charge is 0.252 e. The zero-order chi connectivity index (χ0) is 52.6. The van der Waals surface area contributed by atoms with Crippen molar-refractivity contribution in [3.05, 3.63) is 255 Å². The van der Waals surface area contributed by atoms with Crippen LogP contribution in [0.4, 0.5) is 68.2 Å². The van der Waals surface area contributed by atoms with E-state index in [-0.39, 0.29) is 13.4 Å². The van der Waals surface area contributed by atoms with E-state index in [0.717, 1.165) is 134 Å². The number of fused-ring (bicyclic) bond motifs is 19. The maximum atomic E-state index is 7.27. The highest BCUT2D eigenvalue weighted by Crippen LogP contribution is 2.54. The molecule has 374 valence electrons. The van der Waals surface area contributed by atoms with E-state index in [4.69, 9.17) is 13.3 Å². The summed E-state index contributed by atoms with van der Waals surface area (Å²) in [6.07, 6.45) is 0. The fraction of sp³-hybridized carbons (Fsp3) is 0. The zero-order valence-electron chi connectivity index (χ0n) is 43.4. The van der Waals surface area contributed by atoms with Crippen LogP contribution in [0.5, 0.6) is 0 Å². The summed E-state index contributed by atoms with van der Waals surface area (Å²) in [4.78, 5) is 10.0. The number of anilines is 12. The van der Waals surface area contributed by atoms with Gasteiger partial charge in [0.2, 0.25) is 0 Å². The third-order valence-corrected chi connectivity index (χ3v) is 17.7. The first-order valence-electron chi connectivity index (χ1n) is 27.8. The summed E-state index contributed by atoms with van der Waals surface area (Å²) in [7, 11) is 0. The van der Waals surface area contributed by atoms with Gasteiger partial charge in [0.1, 0.15) is 33.5 Å². The van der Waals surface area contributed by atoms with Crippen LogP contribution in [0.1, 0.15) is 0 Å². The number of nitrogens with zero attached hydrogens (tertiary/aromatic N) is 4. The van der Waals surface area contributed by atoms with Crippen molar-refractivity contribution in [2.45, 2.75) is 0 Å². The van der Waals surface area contributed by atoms with Crippen molar-refractivity contribution in [2.75, 3.05) is 19.6 Å². The van der Waals surface area contributed by atoms with Gasteiger partial charge >= 0.3 is 0 Å². The highest BCUT2D eigenvalue weighted by atomic mass is 16.3. The Morgan fingerprint density at radius 1 is 0.235 bits per heavy atom. The molecule has 0 atom stereocenters. The number of furan rings is 3. The average Bonchev–Trinajstić information content (AvgIpc) is 2.08. The molecule has 0 aliphatic carbocycles. The van der Waals surface area contributed by atoms with Crippen molar-refractivity contribution in [1.82, 2.24) is 0 Å². The van der Waals surface area contributed by atoms with Crippen LogP contribution in [0.2, 0.25) is 0 Å². The Balaban J connectivity index is 0.974. The van der Waals surface area contributed by atoms with Crippen molar-refractivity contribution in [3.63, 3.8) is 0 Å². The van der Waals surface area contributed by atoms with Crippen LogP contribution >= 0.6 is 0 Å². The standard InChI is InChI=1S/C72H42B2N4O3/c1-5-21-43(22-6-1)75-55-33-17-15-31-51(55)73-54-39-53-57(40-58(54)78(46-27-11-4-12-28-46)71-67-48-30-14-20-36-62(48)80-65(67)41-59(75)69(71)73)76(44-23-7-2-8-24-44)60-42-66-68(50-38-63-49(37-64(50)81-66)47-29-13-19-35-61(47)79-63)72-70(60)74(53)52-32-16-18-34-56(52)77(72)45-25-9-3-10-26-45/h1-42H. The van der Waals surface area contributed by atoms with E-state index in [2.05, 4.69) is 262 Å². The molecule has 7 heterocycles. The lowest BCUT2D eigenvalue weighted by Gasteiger charge is -2.47. The molecule has 15 aromatic rings. The summed E-state index contributed by atoms with van der Waals surface area (Å²) in [5.74, 6) is 0. The molecule has 19 rings (SSSR count). The predicted molar refractivity (Wildman–Crippen MR) is 336 cm³/mol. The van der Waals surface area contributed by atoms with E-state index in [1.165, 1.54) is 32.8 Å². The van der Waals surface area contributed by atoms with E-state index in [1.807, 2.05) is 12.1 Å². The second kappa shape index (κ2) is 16.0. The van der Waals surface area contributed by atoms with E-state index < -0.39 is 0 Å². The van der Waals surface area contributed by atoms with E-state index >= 15 is 0 Å². The summed E-state index contributed by atoms with van der Waals surface area (Å²) >= 11 is 0. The Hall–Kier alpha value is -10.6. The number of rotatable bonds is 4. The van der Waals surface area contributed by atoms with E-state index in [0.29, 0.717) is 0 Å². The molecule has 81 heavy (non-hydrogen) atoms. The molecule has 9 heteroatoms. The van der Waals surface area contributed by atoms with Crippen LogP contribution in [0.25, 0.3) is 65.8 Å². The molecule has 0 amide bonds. The molecule has 0 fully saturated rings. The van der Waals surface area contributed by atoms with Crippen LogP contribution < -0.4 is 52.4 Å². The van der Waals surface area contributed by atoms with Crippen LogP contribution in [0, 0.1) is 0 Å². The molecular formula is C72H42B2N4O3. The summed E-state index contributed by atoms with van der Waals surface area (Å²) in [5.41, 5.74) is 25.6. The maximum Gasteiger partial charge on any atom is 0.252 e. The van der Waals surface area contributed by atoms with Crippen molar-refractivity contribution in [2.24, 2.45) is 0 Å². The van der Waals surface area contributed by atoms with Crippen LogP contribution in [0.15, 0.2) is 268 Å². The molecule has 7 nitrogen and oxygen atoms in total. The van der Waals surface area contributed by atoms with Gasteiger partial charge in [-0.05, 0) is 124 Å². The first-order valence-corrected chi connectivity index (χ1v) is 27.8. The number of hydrogen-bond acceptors (Lipinski definition) is 7. The molecule has 3 aromatic heterocycles. The quantitative estimate of drug-likeness (QED) is 0.163. The molecule has 0 radical (unpaired) electrons. The van der Waals surface area contributed by atoms with Crippen molar-refractivity contribution in [3.8, 4) is 0 Å². The summed E-state index contributed by atoms with van der Waals surface area (Å²) in [6, 6.07) is 92.6. The normalized spacial score (nSPS) is 13.8. The summed E-state index contributed by atoms with van der Waals surface area (Å²) in [5, 5.41) is 6.35. The number of benzene rings is 12. The molecule has 0 unspecified atom stereocenters. The Labute approximate surface area is 465 Å². The molecule has 0 spiro atoms. The monoisotopic (exact) mass is 1030 g/mol. The van der Waals surface area contributed by atoms with Gasteiger partial charge in [0.05, 0.1) is 22.1 Å². The van der Waals surface area contributed by atoms with Crippen LogP contribution in [0.3, 0.4) is 0 Å². The van der Waals surface area contributed by atoms with Gasteiger partial charge in [-0.3, -0.25) is 0 Å². The van der Waals surface area contributed by atoms with Gasteiger partial charge in [0, 0.05) is 90.6 Å². The molecule has 0 N–H and O–H groups in total. The van der Waals surface area contributed by atoms with Gasteiger partial charge in [-0.2, -0.15) is 0 Å². The largest absolute Gasteiger partial charge is 0.456 e. The van der Waals surface area contributed by atoms with Gasteiger partial charge in [-0.15, -0.1) is 0 Å². The third-order valence-electron chi connectivity index (χ3n) is 17.7. The van der Waals surface area contributed by atoms with Gasteiger partial charge < -0.3 is 32.9 Å². The fourth-order valence-corrected chi connectivity index (χ4v) is 14.6. The molecule has 0 saturated carbocycles. The van der Waals surface area contributed by atoms with Crippen molar-refractivity contribution >= 4 is 180 Å². The first-order chi connectivity index (χ1) is 40.2. The van der Waals surface area contributed by atoms with E-state index in [9.17, 15) is 0 Å². The minimum Gasteiger partial charge on any atom is -0.456 e. The summed E-state index contributed by atoms with van der Waals surface area (Å²) in [6.45, 7) is -0.358. The lowest BCUT2D eigenvalue weighted by molar-refractivity contribution is 0.664. The molecular weight excluding hydrogens is 990 g/mol.